The van der Waals surface area contributed by atoms with E-state index in [0.717, 1.165) is 45.6 Å². The summed E-state index contributed by atoms with van der Waals surface area (Å²) in [7, 11) is 2.11. The van der Waals surface area contributed by atoms with E-state index in [0.29, 0.717) is 12.5 Å². The van der Waals surface area contributed by atoms with E-state index in [4.69, 9.17) is 10.5 Å². The summed E-state index contributed by atoms with van der Waals surface area (Å²) >= 11 is 0. The van der Waals surface area contributed by atoms with Crippen molar-refractivity contribution in [3.63, 3.8) is 0 Å². The van der Waals surface area contributed by atoms with Crippen molar-refractivity contribution in [1.82, 2.24) is 10.2 Å². The molecule has 0 bridgehead atoms. The second-order valence-corrected chi connectivity index (χ2v) is 4.38. The molecule has 0 aromatic heterocycles. The smallest absolute Gasteiger partial charge is 0.217 e. The lowest BCUT2D eigenvalue weighted by molar-refractivity contribution is -0.118. The first-order valence-corrected chi connectivity index (χ1v) is 5.97. The van der Waals surface area contributed by atoms with Crippen LogP contribution in [0, 0.1) is 0 Å². The third-order valence-corrected chi connectivity index (χ3v) is 2.74. The van der Waals surface area contributed by atoms with Crippen molar-refractivity contribution in [2.24, 2.45) is 5.73 Å². The summed E-state index contributed by atoms with van der Waals surface area (Å²) in [5.41, 5.74) is 5.05. The number of nitrogens with one attached hydrogen (secondary N) is 1. The summed E-state index contributed by atoms with van der Waals surface area (Å²) in [6.45, 7) is 4.66. The lowest BCUT2D eigenvalue weighted by Crippen LogP contribution is -2.44. The van der Waals surface area contributed by atoms with Crippen LogP contribution >= 0.6 is 0 Å². The zero-order valence-electron chi connectivity index (χ0n) is 10.1. The molecule has 1 fully saturated rings. The number of nitrogens with two attached hydrogens (primary N) is 1. The van der Waals surface area contributed by atoms with E-state index in [2.05, 4.69) is 17.3 Å². The van der Waals surface area contributed by atoms with Crippen LogP contribution in [0.1, 0.15) is 19.3 Å². The molecule has 1 aliphatic heterocycles. The number of unbranched alkanes of at least 4 members (excludes halogenated alkanes) is 1. The first-order chi connectivity index (χ1) is 7.68. The molecule has 1 rings (SSSR count). The third kappa shape index (κ3) is 6.05. The van der Waals surface area contributed by atoms with Gasteiger partial charge >= 0.3 is 0 Å². The van der Waals surface area contributed by atoms with Crippen molar-refractivity contribution < 1.29 is 9.53 Å². The number of morpholine rings is 1. The zero-order valence-corrected chi connectivity index (χ0v) is 10.1. The van der Waals surface area contributed by atoms with Gasteiger partial charge in [-0.1, -0.05) is 0 Å². The molecular weight excluding hydrogens is 206 g/mol. The van der Waals surface area contributed by atoms with Gasteiger partial charge in [0.15, 0.2) is 0 Å². The van der Waals surface area contributed by atoms with E-state index in [1.807, 2.05) is 0 Å². The van der Waals surface area contributed by atoms with Gasteiger partial charge in [0.1, 0.15) is 0 Å². The van der Waals surface area contributed by atoms with Crippen molar-refractivity contribution in [2.75, 3.05) is 39.8 Å². The summed E-state index contributed by atoms with van der Waals surface area (Å²) in [5.74, 6) is -0.211. The third-order valence-electron chi connectivity index (χ3n) is 2.74. The van der Waals surface area contributed by atoms with Crippen molar-refractivity contribution in [1.29, 1.82) is 0 Å². The van der Waals surface area contributed by atoms with Gasteiger partial charge in [0.2, 0.25) is 5.91 Å². The number of hydrogen-bond donors (Lipinski definition) is 2. The minimum atomic E-state index is -0.211. The second kappa shape index (κ2) is 7.60. The van der Waals surface area contributed by atoms with Crippen LogP contribution in [0.5, 0.6) is 0 Å². The highest BCUT2D eigenvalue weighted by Crippen LogP contribution is 2.01. The molecule has 3 N–H and O–H groups in total. The number of primary amides is 1. The Labute approximate surface area is 97.3 Å². The predicted molar refractivity (Wildman–Crippen MR) is 63.2 cm³/mol. The number of hydrogen-bond acceptors (Lipinski definition) is 4. The van der Waals surface area contributed by atoms with Crippen LogP contribution < -0.4 is 11.1 Å². The van der Waals surface area contributed by atoms with E-state index in [1.54, 1.807) is 0 Å². The Bertz CT molecular complexity index is 211. The number of carbonyl (C=O) groups excluding carboxylic acids is 1. The average Bonchev–Trinajstić information content (AvgIpc) is 2.23. The van der Waals surface area contributed by atoms with Crippen LogP contribution in [0.25, 0.3) is 0 Å². The molecular formula is C11H23N3O2. The molecule has 0 aliphatic carbocycles. The highest BCUT2D eigenvalue weighted by atomic mass is 16.5. The van der Waals surface area contributed by atoms with E-state index in [1.165, 1.54) is 0 Å². The molecule has 1 aliphatic rings. The summed E-state index contributed by atoms with van der Waals surface area (Å²) in [6.07, 6.45) is 2.65. The van der Waals surface area contributed by atoms with Gasteiger partial charge in [-0.3, -0.25) is 4.79 Å². The number of rotatable bonds is 7. The number of carbonyl (C=O) groups is 1. The highest BCUT2D eigenvalue weighted by molar-refractivity contribution is 5.73. The Morgan fingerprint density at radius 2 is 2.38 bits per heavy atom. The molecule has 1 atom stereocenters. The second-order valence-electron chi connectivity index (χ2n) is 4.38. The number of nitrogens with zero attached hydrogens (tertiary/aromatic N) is 1. The molecule has 0 saturated carbocycles. The molecule has 1 saturated heterocycles. The monoisotopic (exact) mass is 229 g/mol. The predicted octanol–water partition coefficient (Wildman–Crippen LogP) is -0.438. The van der Waals surface area contributed by atoms with Gasteiger partial charge < -0.3 is 20.7 Å². The lowest BCUT2D eigenvalue weighted by atomic mass is 10.2. The highest BCUT2D eigenvalue weighted by Gasteiger charge is 2.16. The number of amides is 1. The molecule has 0 aromatic carbocycles. The van der Waals surface area contributed by atoms with Crippen molar-refractivity contribution in [2.45, 2.75) is 25.4 Å². The van der Waals surface area contributed by atoms with Crippen molar-refractivity contribution in [3.05, 3.63) is 0 Å². The molecule has 1 unspecified atom stereocenters. The molecule has 0 aromatic rings. The van der Waals surface area contributed by atoms with Gasteiger partial charge in [-0.05, 0) is 26.4 Å². The SMILES string of the molecule is CN1CCOC(CNCCCCC(N)=O)C1. The van der Waals surface area contributed by atoms with Crippen LogP contribution in [-0.4, -0.2) is 56.7 Å². The van der Waals surface area contributed by atoms with Gasteiger partial charge in [-0.25, -0.2) is 0 Å². The maximum Gasteiger partial charge on any atom is 0.217 e. The normalized spacial score (nSPS) is 22.2. The molecule has 5 nitrogen and oxygen atoms in total. The van der Waals surface area contributed by atoms with Gasteiger partial charge in [0.05, 0.1) is 12.7 Å². The molecule has 1 amide bonds. The van der Waals surface area contributed by atoms with Crippen molar-refractivity contribution >= 4 is 5.91 Å². The largest absolute Gasteiger partial charge is 0.374 e. The molecule has 5 heteroatoms. The minimum absolute atomic E-state index is 0.211. The number of ether oxygens (including phenoxy) is 1. The van der Waals surface area contributed by atoms with Gasteiger partial charge in [-0.2, -0.15) is 0 Å². The van der Waals surface area contributed by atoms with E-state index in [9.17, 15) is 4.79 Å². The minimum Gasteiger partial charge on any atom is -0.374 e. The zero-order chi connectivity index (χ0) is 11.8. The van der Waals surface area contributed by atoms with Crippen LogP contribution in [-0.2, 0) is 9.53 Å². The van der Waals surface area contributed by atoms with E-state index < -0.39 is 0 Å². The van der Waals surface area contributed by atoms with E-state index in [-0.39, 0.29) is 5.91 Å². The molecule has 0 spiro atoms. The lowest BCUT2D eigenvalue weighted by Gasteiger charge is -2.30. The molecule has 0 radical (unpaired) electrons. The van der Waals surface area contributed by atoms with Crippen LogP contribution in [0.4, 0.5) is 0 Å². The summed E-state index contributed by atoms with van der Waals surface area (Å²) in [4.78, 5) is 12.8. The summed E-state index contributed by atoms with van der Waals surface area (Å²) in [6, 6.07) is 0. The fourth-order valence-electron chi connectivity index (χ4n) is 1.80. The topological polar surface area (TPSA) is 67.6 Å². The molecule has 1 heterocycles. The van der Waals surface area contributed by atoms with E-state index >= 15 is 0 Å². The van der Waals surface area contributed by atoms with Crippen LogP contribution in [0.2, 0.25) is 0 Å². The van der Waals surface area contributed by atoms with Gasteiger partial charge in [-0.15, -0.1) is 0 Å². The first-order valence-electron chi connectivity index (χ1n) is 5.97. The summed E-state index contributed by atoms with van der Waals surface area (Å²) < 4.78 is 5.61. The Morgan fingerprint density at radius 1 is 1.56 bits per heavy atom. The number of likely N-dealkylation sites (N-methyl/N-ethyl adjacent to an activating group) is 1. The van der Waals surface area contributed by atoms with Crippen LogP contribution in [0.15, 0.2) is 0 Å². The maximum atomic E-state index is 10.5. The molecule has 16 heavy (non-hydrogen) atoms. The first kappa shape index (κ1) is 13.4. The maximum absolute atomic E-state index is 10.5. The standard InChI is InChI=1S/C11H23N3O2/c1-14-6-7-16-10(9-14)8-13-5-3-2-4-11(12)15/h10,13H,2-9H2,1H3,(H2,12,15). The Balaban J connectivity index is 1.92. The quantitative estimate of drug-likeness (QED) is 0.581. The fraction of sp³-hybridized carbons (Fsp3) is 0.909. The fourth-order valence-corrected chi connectivity index (χ4v) is 1.80. The molecule has 94 valence electrons. The Hall–Kier alpha value is -0.650. The van der Waals surface area contributed by atoms with Gasteiger partial charge in [0, 0.05) is 26.1 Å². The van der Waals surface area contributed by atoms with Crippen LogP contribution in [0.3, 0.4) is 0 Å². The van der Waals surface area contributed by atoms with Gasteiger partial charge in [0.25, 0.3) is 0 Å². The Kier molecular flexibility index (Phi) is 6.37. The van der Waals surface area contributed by atoms with Crippen molar-refractivity contribution in [3.8, 4) is 0 Å². The average molecular weight is 229 g/mol. The Morgan fingerprint density at radius 3 is 3.06 bits per heavy atom. The summed E-state index contributed by atoms with van der Waals surface area (Å²) in [5, 5.41) is 3.35.